The molecular formula is C16H19N3O2S. The van der Waals surface area contributed by atoms with E-state index in [9.17, 15) is 0 Å². The highest BCUT2D eigenvalue weighted by Gasteiger charge is 2.41. The van der Waals surface area contributed by atoms with Crippen LogP contribution in [0.5, 0.6) is 0 Å². The molecule has 1 fully saturated rings. The fourth-order valence-corrected chi connectivity index (χ4v) is 3.09. The van der Waals surface area contributed by atoms with Crippen LogP contribution in [0.25, 0.3) is 0 Å². The van der Waals surface area contributed by atoms with Crippen molar-refractivity contribution in [2.75, 3.05) is 20.3 Å². The molecule has 1 N–H and O–H groups in total. The van der Waals surface area contributed by atoms with E-state index in [0.29, 0.717) is 18.3 Å². The highest BCUT2D eigenvalue weighted by Crippen LogP contribution is 2.38. The average molecular weight is 317 g/mol. The molecule has 1 aliphatic rings. The molecular weight excluding hydrogens is 298 g/mol. The van der Waals surface area contributed by atoms with E-state index < -0.39 is 0 Å². The number of methoxy groups -OCH3 is 1. The summed E-state index contributed by atoms with van der Waals surface area (Å²) in [5.74, 6) is 1.77. The van der Waals surface area contributed by atoms with Crippen LogP contribution in [-0.2, 0) is 4.74 Å². The number of ether oxygens (including phenoxy) is 1. The summed E-state index contributed by atoms with van der Waals surface area (Å²) in [6, 6.07) is 9.82. The van der Waals surface area contributed by atoms with Gasteiger partial charge in [0.25, 0.3) is 0 Å². The number of furan rings is 1. The van der Waals surface area contributed by atoms with E-state index in [1.54, 1.807) is 13.3 Å². The number of hydrogen-bond acceptors (Lipinski definition) is 4. The molecule has 0 amide bonds. The van der Waals surface area contributed by atoms with Crippen LogP contribution in [0.2, 0.25) is 0 Å². The first kappa shape index (κ1) is 15.0. The number of hydrogen-bond donors (Lipinski definition) is 1. The molecule has 5 nitrogen and oxygen atoms in total. The molecule has 0 unspecified atom stereocenters. The second kappa shape index (κ2) is 6.46. The SMILES string of the molecule is COCCN1C(=S)N[C@@H](c2ccccn2)[C@@H]1c1ccc(C)o1. The molecule has 0 saturated carbocycles. The third-order valence-corrected chi connectivity index (χ3v) is 4.14. The van der Waals surface area contributed by atoms with Crippen LogP contribution < -0.4 is 5.32 Å². The van der Waals surface area contributed by atoms with E-state index in [2.05, 4.69) is 15.2 Å². The standard InChI is InChI=1S/C16H19N3O2S/c1-11-6-7-13(21-11)15-14(12-5-3-4-8-17-12)18-16(22)19(15)9-10-20-2/h3-8,14-15H,9-10H2,1-2H3,(H,18,22)/t14-,15-/m0/s1. The van der Waals surface area contributed by atoms with Gasteiger partial charge in [0.2, 0.25) is 0 Å². The Morgan fingerprint density at radius 1 is 1.36 bits per heavy atom. The largest absolute Gasteiger partial charge is 0.464 e. The third kappa shape index (κ3) is 2.84. The van der Waals surface area contributed by atoms with Crippen molar-refractivity contribution < 1.29 is 9.15 Å². The molecule has 22 heavy (non-hydrogen) atoms. The van der Waals surface area contributed by atoms with Crippen molar-refractivity contribution >= 4 is 17.3 Å². The van der Waals surface area contributed by atoms with Gasteiger partial charge in [-0.3, -0.25) is 4.98 Å². The van der Waals surface area contributed by atoms with Gasteiger partial charge in [-0.2, -0.15) is 0 Å². The summed E-state index contributed by atoms with van der Waals surface area (Å²) in [6.07, 6.45) is 1.79. The lowest BCUT2D eigenvalue weighted by Crippen LogP contribution is -2.32. The number of pyridine rings is 1. The summed E-state index contributed by atoms with van der Waals surface area (Å²) in [5.41, 5.74) is 0.948. The molecule has 0 aliphatic carbocycles. The highest BCUT2D eigenvalue weighted by molar-refractivity contribution is 7.80. The van der Waals surface area contributed by atoms with Gasteiger partial charge in [0.1, 0.15) is 17.6 Å². The molecule has 2 aromatic heterocycles. The predicted octanol–water partition coefficient (Wildman–Crippen LogP) is 2.60. The third-order valence-electron chi connectivity index (χ3n) is 3.79. The maximum absolute atomic E-state index is 5.87. The zero-order chi connectivity index (χ0) is 15.5. The van der Waals surface area contributed by atoms with Crippen LogP contribution in [0.15, 0.2) is 40.9 Å². The Balaban J connectivity index is 1.96. The van der Waals surface area contributed by atoms with Gasteiger partial charge >= 0.3 is 0 Å². The fourth-order valence-electron chi connectivity index (χ4n) is 2.76. The van der Waals surface area contributed by atoms with Crippen molar-refractivity contribution in [2.45, 2.75) is 19.0 Å². The number of nitrogens with one attached hydrogen (secondary N) is 1. The molecule has 6 heteroatoms. The highest BCUT2D eigenvalue weighted by atomic mass is 32.1. The molecule has 1 saturated heterocycles. The molecule has 116 valence electrons. The van der Waals surface area contributed by atoms with Crippen molar-refractivity contribution in [2.24, 2.45) is 0 Å². The molecule has 3 rings (SSSR count). The molecule has 3 heterocycles. The second-order valence-electron chi connectivity index (χ2n) is 5.26. The van der Waals surface area contributed by atoms with Gasteiger partial charge in [0, 0.05) is 19.9 Å². The molecule has 0 radical (unpaired) electrons. The summed E-state index contributed by atoms with van der Waals surface area (Å²) in [7, 11) is 1.69. The van der Waals surface area contributed by atoms with Crippen molar-refractivity contribution in [3.63, 3.8) is 0 Å². The normalized spacial score (nSPS) is 21.2. The monoisotopic (exact) mass is 317 g/mol. The van der Waals surface area contributed by atoms with Gasteiger partial charge < -0.3 is 19.4 Å². The maximum Gasteiger partial charge on any atom is 0.170 e. The smallest absolute Gasteiger partial charge is 0.170 e. The van der Waals surface area contributed by atoms with E-state index in [4.69, 9.17) is 21.4 Å². The summed E-state index contributed by atoms with van der Waals surface area (Å²) in [6.45, 7) is 3.25. The Hall–Kier alpha value is -1.92. The molecule has 2 atom stereocenters. The van der Waals surface area contributed by atoms with Crippen LogP contribution in [0.4, 0.5) is 0 Å². The van der Waals surface area contributed by atoms with Gasteiger partial charge in [-0.15, -0.1) is 0 Å². The molecule has 1 aliphatic heterocycles. The van der Waals surface area contributed by atoms with Crippen molar-refractivity contribution in [1.82, 2.24) is 15.2 Å². The lowest BCUT2D eigenvalue weighted by molar-refractivity contribution is 0.158. The zero-order valence-corrected chi connectivity index (χ0v) is 13.5. The summed E-state index contributed by atoms with van der Waals surface area (Å²) in [5, 5.41) is 4.07. The summed E-state index contributed by atoms with van der Waals surface area (Å²) < 4.78 is 11.1. The number of nitrogens with zero attached hydrogens (tertiary/aromatic N) is 2. The lowest BCUT2D eigenvalue weighted by Gasteiger charge is -2.25. The fraction of sp³-hybridized carbons (Fsp3) is 0.375. The number of aryl methyl sites for hydroxylation is 1. The van der Waals surface area contributed by atoms with E-state index in [0.717, 1.165) is 17.2 Å². The van der Waals surface area contributed by atoms with Gasteiger partial charge in [-0.25, -0.2) is 0 Å². The molecule has 0 aromatic carbocycles. The minimum Gasteiger partial charge on any atom is -0.464 e. The number of rotatable bonds is 5. The van der Waals surface area contributed by atoms with Crippen molar-refractivity contribution in [3.05, 3.63) is 53.7 Å². The van der Waals surface area contributed by atoms with Gasteiger partial charge in [-0.1, -0.05) is 6.07 Å². The van der Waals surface area contributed by atoms with E-state index in [1.807, 2.05) is 37.3 Å². The Morgan fingerprint density at radius 2 is 2.23 bits per heavy atom. The Labute approximate surface area is 135 Å². The van der Waals surface area contributed by atoms with Crippen LogP contribution in [0, 0.1) is 6.92 Å². The minimum atomic E-state index is -0.0314. The Morgan fingerprint density at radius 3 is 2.86 bits per heavy atom. The van der Waals surface area contributed by atoms with E-state index in [1.165, 1.54) is 0 Å². The van der Waals surface area contributed by atoms with Gasteiger partial charge in [0.15, 0.2) is 5.11 Å². The Kier molecular flexibility index (Phi) is 4.40. The number of thiocarbonyl (C=S) groups is 1. The molecule has 0 spiro atoms. The second-order valence-corrected chi connectivity index (χ2v) is 5.65. The van der Waals surface area contributed by atoms with Crippen molar-refractivity contribution in [3.8, 4) is 0 Å². The lowest BCUT2D eigenvalue weighted by atomic mass is 10.0. The molecule has 0 bridgehead atoms. The van der Waals surface area contributed by atoms with E-state index >= 15 is 0 Å². The first-order chi connectivity index (χ1) is 10.7. The topological polar surface area (TPSA) is 50.5 Å². The van der Waals surface area contributed by atoms with Gasteiger partial charge in [0.05, 0.1) is 18.3 Å². The first-order valence-electron chi connectivity index (χ1n) is 7.24. The minimum absolute atomic E-state index is 0.0220. The predicted molar refractivity (Wildman–Crippen MR) is 87.5 cm³/mol. The average Bonchev–Trinajstić information content (AvgIpc) is 3.09. The maximum atomic E-state index is 5.87. The first-order valence-corrected chi connectivity index (χ1v) is 7.65. The van der Waals surface area contributed by atoms with Crippen LogP contribution in [0.1, 0.15) is 29.3 Å². The van der Waals surface area contributed by atoms with Crippen LogP contribution >= 0.6 is 12.2 Å². The number of aromatic nitrogens is 1. The molecule has 2 aromatic rings. The van der Waals surface area contributed by atoms with Crippen molar-refractivity contribution in [1.29, 1.82) is 0 Å². The zero-order valence-electron chi connectivity index (χ0n) is 12.7. The van der Waals surface area contributed by atoms with Crippen LogP contribution in [-0.4, -0.2) is 35.3 Å². The van der Waals surface area contributed by atoms with Crippen LogP contribution in [0.3, 0.4) is 0 Å². The summed E-state index contributed by atoms with van der Waals surface area (Å²) >= 11 is 5.50. The Bertz CT molecular complexity index is 644. The quantitative estimate of drug-likeness (QED) is 0.856. The van der Waals surface area contributed by atoms with Gasteiger partial charge in [-0.05, 0) is 43.4 Å². The van der Waals surface area contributed by atoms with E-state index in [-0.39, 0.29) is 12.1 Å². The summed E-state index contributed by atoms with van der Waals surface area (Å²) in [4.78, 5) is 6.58.